The lowest BCUT2D eigenvalue weighted by Crippen LogP contribution is -2.32. The summed E-state index contributed by atoms with van der Waals surface area (Å²) in [6.07, 6.45) is 2.09. The van der Waals surface area contributed by atoms with Crippen LogP contribution in [0.25, 0.3) is 0 Å². The molecule has 3 heteroatoms. The number of rotatable bonds is 2. The van der Waals surface area contributed by atoms with Crippen LogP contribution < -0.4 is 5.32 Å². The van der Waals surface area contributed by atoms with E-state index in [9.17, 15) is 4.79 Å². The Morgan fingerprint density at radius 1 is 1.50 bits per heavy atom. The summed E-state index contributed by atoms with van der Waals surface area (Å²) in [7, 11) is 0. The molecule has 1 N–H and O–H groups in total. The first-order valence-electron chi connectivity index (χ1n) is 4.67. The van der Waals surface area contributed by atoms with E-state index in [0.717, 1.165) is 17.3 Å². The first-order chi connectivity index (χ1) is 6.62. The van der Waals surface area contributed by atoms with Crippen molar-refractivity contribution in [2.75, 3.05) is 0 Å². The summed E-state index contributed by atoms with van der Waals surface area (Å²) in [6, 6.07) is 8.13. The summed E-state index contributed by atoms with van der Waals surface area (Å²) in [5.74, 6) is 0.0440. The second-order valence-corrected chi connectivity index (χ2v) is 4.69. The summed E-state index contributed by atoms with van der Waals surface area (Å²) >= 11 is 3.44. The molecule has 0 bridgehead atoms. The molecular formula is C11H12BrNO. The molecule has 74 valence electrons. The van der Waals surface area contributed by atoms with Crippen LogP contribution in [0, 0.1) is 0 Å². The Morgan fingerprint density at radius 3 is 2.71 bits per heavy atom. The number of halogens is 1. The Labute approximate surface area is 91.8 Å². The van der Waals surface area contributed by atoms with Gasteiger partial charge in [-0.1, -0.05) is 28.1 Å². The number of hydrogen-bond donors (Lipinski definition) is 1. The maximum absolute atomic E-state index is 11.0. The van der Waals surface area contributed by atoms with Crippen LogP contribution in [-0.4, -0.2) is 5.91 Å². The smallest absolute Gasteiger partial charge is 0.217 e. The van der Waals surface area contributed by atoms with Gasteiger partial charge in [-0.15, -0.1) is 0 Å². The number of nitrogens with one attached hydrogen (secondary N) is 1. The van der Waals surface area contributed by atoms with Crippen LogP contribution in [0.2, 0.25) is 0 Å². The molecule has 0 saturated heterocycles. The van der Waals surface area contributed by atoms with Crippen LogP contribution in [-0.2, 0) is 10.3 Å². The largest absolute Gasteiger partial charge is 0.347 e. The van der Waals surface area contributed by atoms with Gasteiger partial charge in [0, 0.05) is 11.4 Å². The van der Waals surface area contributed by atoms with E-state index in [1.165, 1.54) is 5.56 Å². The number of carbonyl (C=O) groups excluding carboxylic acids is 1. The van der Waals surface area contributed by atoms with Crippen molar-refractivity contribution in [3.8, 4) is 0 Å². The minimum Gasteiger partial charge on any atom is -0.347 e. The SMILES string of the molecule is CC(=O)NC1(c2cccc(Br)c2)CC1. The van der Waals surface area contributed by atoms with E-state index in [0.29, 0.717) is 0 Å². The molecule has 1 aromatic rings. The van der Waals surface area contributed by atoms with Gasteiger partial charge in [-0.2, -0.15) is 0 Å². The minimum atomic E-state index is -0.0738. The van der Waals surface area contributed by atoms with Crippen molar-refractivity contribution in [2.24, 2.45) is 0 Å². The highest BCUT2D eigenvalue weighted by molar-refractivity contribution is 9.10. The maximum Gasteiger partial charge on any atom is 0.217 e. The van der Waals surface area contributed by atoms with Crippen molar-refractivity contribution in [1.82, 2.24) is 5.32 Å². The highest BCUT2D eigenvalue weighted by Crippen LogP contribution is 2.45. The van der Waals surface area contributed by atoms with Gasteiger partial charge < -0.3 is 5.32 Å². The molecule has 0 atom stereocenters. The molecule has 1 amide bonds. The van der Waals surface area contributed by atoms with Crippen LogP contribution in [0.1, 0.15) is 25.3 Å². The normalized spacial score (nSPS) is 17.6. The molecule has 0 spiro atoms. The molecule has 1 saturated carbocycles. The van der Waals surface area contributed by atoms with Crippen molar-refractivity contribution in [1.29, 1.82) is 0 Å². The summed E-state index contributed by atoms with van der Waals surface area (Å²) < 4.78 is 1.06. The van der Waals surface area contributed by atoms with E-state index in [4.69, 9.17) is 0 Å². The molecule has 0 aliphatic heterocycles. The van der Waals surface area contributed by atoms with Crippen molar-refractivity contribution in [3.63, 3.8) is 0 Å². The topological polar surface area (TPSA) is 29.1 Å². The molecule has 2 nitrogen and oxygen atoms in total. The molecule has 1 fully saturated rings. The van der Waals surface area contributed by atoms with Crippen LogP contribution in [0.4, 0.5) is 0 Å². The van der Waals surface area contributed by atoms with Gasteiger partial charge in [0.15, 0.2) is 0 Å². The monoisotopic (exact) mass is 253 g/mol. The Hall–Kier alpha value is -0.830. The third-order valence-electron chi connectivity index (χ3n) is 2.54. The summed E-state index contributed by atoms with van der Waals surface area (Å²) in [5.41, 5.74) is 1.12. The first-order valence-corrected chi connectivity index (χ1v) is 5.46. The predicted octanol–water partition coefficient (Wildman–Crippen LogP) is 2.57. The van der Waals surface area contributed by atoms with Gasteiger partial charge >= 0.3 is 0 Å². The van der Waals surface area contributed by atoms with Crippen molar-refractivity contribution in [2.45, 2.75) is 25.3 Å². The number of amides is 1. The summed E-state index contributed by atoms with van der Waals surface area (Å²) in [4.78, 5) is 11.0. The molecular weight excluding hydrogens is 242 g/mol. The lowest BCUT2D eigenvalue weighted by atomic mass is 10.1. The second-order valence-electron chi connectivity index (χ2n) is 3.77. The Morgan fingerprint density at radius 2 is 2.21 bits per heavy atom. The maximum atomic E-state index is 11.0. The molecule has 1 aliphatic carbocycles. The van der Waals surface area contributed by atoms with Crippen LogP contribution in [0.5, 0.6) is 0 Å². The third-order valence-corrected chi connectivity index (χ3v) is 3.04. The molecule has 0 heterocycles. The first kappa shape index (κ1) is 9.71. The van der Waals surface area contributed by atoms with Gasteiger partial charge in [-0.3, -0.25) is 4.79 Å². The molecule has 0 radical (unpaired) electrons. The van der Waals surface area contributed by atoms with Gasteiger partial charge in [0.05, 0.1) is 5.54 Å². The zero-order valence-corrected chi connectivity index (χ0v) is 9.60. The molecule has 14 heavy (non-hydrogen) atoms. The van der Waals surface area contributed by atoms with E-state index >= 15 is 0 Å². The Kier molecular flexibility index (Phi) is 2.35. The average molecular weight is 254 g/mol. The highest BCUT2D eigenvalue weighted by atomic mass is 79.9. The van der Waals surface area contributed by atoms with Crippen molar-refractivity contribution in [3.05, 3.63) is 34.3 Å². The number of hydrogen-bond acceptors (Lipinski definition) is 1. The number of carbonyl (C=O) groups is 1. The Bertz CT molecular complexity index is 371. The van der Waals surface area contributed by atoms with Gasteiger partial charge in [-0.05, 0) is 30.5 Å². The minimum absolute atomic E-state index is 0.0440. The van der Waals surface area contributed by atoms with Crippen molar-refractivity contribution >= 4 is 21.8 Å². The molecule has 1 aliphatic rings. The summed E-state index contributed by atoms with van der Waals surface area (Å²) in [6.45, 7) is 1.57. The predicted molar refractivity (Wildman–Crippen MR) is 58.9 cm³/mol. The lowest BCUT2D eigenvalue weighted by Gasteiger charge is -2.16. The van der Waals surface area contributed by atoms with E-state index in [2.05, 4.69) is 33.4 Å². The second kappa shape index (κ2) is 3.39. The van der Waals surface area contributed by atoms with Gasteiger partial charge in [-0.25, -0.2) is 0 Å². The molecule has 2 rings (SSSR count). The van der Waals surface area contributed by atoms with E-state index < -0.39 is 0 Å². The standard InChI is InChI=1S/C11H12BrNO/c1-8(14)13-11(5-6-11)9-3-2-4-10(12)7-9/h2-4,7H,5-6H2,1H3,(H,13,14). The fraction of sp³-hybridized carbons (Fsp3) is 0.364. The van der Waals surface area contributed by atoms with Gasteiger partial charge in [0.1, 0.15) is 0 Å². The molecule has 0 aromatic heterocycles. The zero-order valence-electron chi connectivity index (χ0n) is 8.01. The van der Waals surface area contributed by atoms with Crippen LogP contribution >= 0.6 is 15.9 Å². The van der Waals surface area contributed by atoms with Crippen LogP contribution in [0.15, 0.2) is 28.7 Å². The quantitative estimate of drug-likeness (QED) is 0.863. The highest BCUT2D eigenvalue weighted by Gasteiger charge is 2.44. The van der Waals surface area contributed by atoms with Crippen LogP contribution in [0.3, 0.4) is 0 Å². The van der Waals surface area contributed by atoms with E-state index in [1.807, 2.05) is 12.1 Å². The Balaban J connectivity index is 2.26. The fourth-order valence-corrected chi connectivity index (χ4v) is 2.13. The van der Waals surface area contributed by atoms with E-state index in [1.54, 1.807) is 6.92 Å². The van der Waals surface area contributed by atoms with E-state index in [-0.39, 0.29) is 11.4 Å². The van der Waals surface area contributed by atoms with Crippen molar-refractivity contribution < 1.29 is 4.79 Å². The number of benzene rings is 1. The lowest BCUT2D eigenvalue weighted by molar-refractivity contribution is -0.120. The average Bonchev–Trinajstić information content (AvgIpc) is 2.84. The van der Waals surface area contributed by atoms with Gasteiger partial charge in [0.25, 0.3) is 0 Å². The third kappa shape index (κ3) is 1.82. The molecule has 0 unspecified atom stereocenters. The summed E-state index contributed by atoms with van der Waals surface area (Å²) in [5, 5.41) is 3.01. The van der Waals surface area contributed by atoms with Gasteiger partial charge in [0.2, 0.25) is 5.91 Å². The zero-order chi connectivity index (χ0) is 10.2. The fourth-order valence-electron chi connectivity index (χ4n) is 1.73. The molecule has 1 aromatic carbocycles.